The molecule has 0 aliphatic rings. The summed E-state index contributed by atoms with van der Waals surface area (Å²) < 4.78 is 1.86. The van der Waals surface area contributed by atoms with Crippen molar-refractivity contribution in [2.45, 2.75) is 26.8 Å². The second-order valence-corrected chi connectivity index (χ2v) is 6.65. The summed E-state index contributed by atoms with van der Waals surface area (Å²) in [6.45, 7) is 4.05. The highest BCUT2D eigenvalue weighted by Crippen LogP contribution is 2.18. The Morgan fingerprint density at radius 1 is 1.14 bits per heavy atom. The van der Waals surface area contributed by atoms with Crippen LogP contribution < -0.4 is 16.0 Å². The first-order valence-electron chi connectivity index (χ1n) is 8.90. The van der Waals surface area contributed by atoms with Gasteiger partial charge in [-0.05, 0) is 26.0 Å². The molecule has 0 spiro atoms. The van der Waals surface area contributed by atoms with Crippen LogP contribution in [0, 0.1) is 13.8 Å². The monoisotopic (exact) mass is 380 g/mol. The maximum Gasteiger partial charge on any atom is 0.229 e. The van der Waals surface area contributed by atoms with Crippen LogP contribution in [0.25, 0.3) is 5.69 Å². The van der Waals surface area contributed by atoms with Gasteiger partial charge in [-0.1, -0.05) is 18.2 Å². The fourth-order valence-electron chi connectivity index (χ4n) is 2.86. The summed E-state index contributed by atoms with van der Waals surface area (Å²) in [5, 5.41) is 7.42. The summed E-state index contributed by atoms with van der Waals surface area (Å²) in [7, 11) is 3.63. The van der Waals surface area contributed by atoms with E-state index in [1.165, 1.54) is 0 Å². The minimum atomic E-state index is -0.135. The molecule has 3 rings (SSSR count). The maximum atomic E-state index is 12.5. The van der Waals surface area contributed by atoms with E-state index in [4.69, 9.17) is 5.73 Å². The van der Waals surface area contributed by atoms with Crippen LogP contribution >= 0.6 is 0 Å². The highest BCUT2D eigenvalue weighted by Gasteiger charge is 2.16. The number of rotatable bonds is 6. The van der Waals surface area contributed by atoms with E-state index in [1.54, 1.807) is 4.90 Å². The van der Waals surface area contributed by atoms with Crippen LogP contribution in [0.2, 0.25) is 0 Å². The SMILES string of the molecule is Cc1nn(-c2ccccc2)c(C)c1CC(=O)NCc1nc(N)nc(N(C)C)n1. The van der Waals surface area contributed by atoms with Gasteiger partial charge in [-0.25, -0.2) is 4.68 Å². The fraction of sp³-hybridized carbons (Fsp3) is 0.316. The van der Waals surface area contributed by atoms with Gasteiger partial charge in [-0.15, -0.1) is 0 Å². The molecular weight excluding hydrogens is 356 g/mol. The van der Waals surface area contributed by atoms with E-state index in [0.717, 1.165) is 22.6 Å². The van der Waals surface area contributed by atoms with E-state index in [2.05, 4.69) is 25.4 Å². The molecule has 0 radical (unpaired) electrons. The van der Waals surface area contributed by atoms with Crippen molar-refractivity contribution < 1.29 is 4.79 Å². The van der Waals surface area contributed by atoms with Gasteiger partial charge in [-0.2, -0.15) is 20.1 Å². The Bertz CT molecular complexity index is 981. The lowest BCUT2D eigenvalue weighted by atomic mass is 10.1. The van der Waals surface area contributed by atoms with Crippen LogP contribution in [0.3, 0.4) is 0 Å². The number of anilines is 2. The first kappa shape index (κ1) is 19.3. The second kappa shape index (κ2) is 8.03. The summed E-state index contributed by atoms with van der Waals surface area (Å²) in [6, 6.07) is 9.84. The van der Waals surface area contributed by atoms with E-state index in [9.17, 15) is 4.79 Å². The van der Waals surface area contributed by atoms with Crippen molar-refractivity contribution in [3.05, 3.63) is 53.1 Å². The van der Waals surface area contributed by atoms with Crippen LogP contribution in [0.15, 0.2) is 30.3 Å². The summed E-state index contributed by atoms with van der Waals surface area (Å²) in [4.78, 5) is 26.6. The Balaban J connectivity index is 1.70. The summed E-state index contributed by atoms with van der Waals surface area (Å²) in [5.41, 5.74) is 9.36. The van der Waals surface area contributed by atoms with Crippen LogP contribution in [-0.2, 0) is 17.8 Å². The lowest BCUT2D eigenvalue weighted by Crippen LogP contribution is -2.27. The topological polar surface area (TPSA) is 115 Å². The van der Waals surface area contributed by atoms with Crippen molar-refractivity contribution in [3.63, 3.8) is 0 Å². The lowest BCUT2D eigenvalue weighted by Gasteiger charge is -2.11. The lowest BCUT2D eigenvalue weighted by molar-refractivity contribution is -0.120. The molecule has 9 heteroatoms. The molecule has 0 atom stereocenters. The predicted octanol–water partition coefficient (Wildman–Crippen LogP) is 1.18. The molecule has 0 fully saturated rings. The van der Waals surface area contributed by atoms with Gasteiger partial charge in [0, 0.05) is 25.4 Å². The molecule has 9 nitrogen and oxygen atoms in total. The highest BCUT2D eigenvalue weighted by molar-refractivity contribution is 5.79. The molecule has 0 saturated heterocycles. The summed E-state index contributed by atoms with van der Waals surface area (Å²) >= 11 is 0. The fourth-order valence-corrected chi connectivity index (χ4v) is 2.86. The van der Waals surface area contributed by atoms with E-state index < -0.39 is 0 Å². The number of hydrogen-bond acceptors (Lipinski definition) is 7. The maximum absolute atomic E-state index is 12.5. The molecule has 2 aromatic heterocycles. The molecule has 0 aliphatic carbocycles. The third-order valence-electron chi connectivity index (χ3n) is 4.31. The summed E-state index contributed by atoms with van der Waals surface area (Å²) in [5.74, 6) is 0.855. The Morgan fingerprint density at radius 3 is 2.54 bits per heavy atom. The van der Waals surface area contributed by atoms with Gasteiger partial charge in [0.25, 0.3) is 0 Å². The molecule has 0 unspecified atom stereocenters. The van der Waals surface area contributed by atoms with Crippen molar-refractivity contribution in [3.8, 4) is 5.69 Å². The average Bonchev–Trinajstić information content (AvgIpc) is 2.95. The van der Waals surface area contributed by atoms with Crippen LogP contribution in [-0.4, -0.2) is 44.7 Å². The number of nitrogens with zero attached hydrogens (tertiary/aromatic N) is 6. The van der Waals surface area contributed by atoms with Crippen LogP contribution in [0.1, 0.15) is 22.8 Å². The molecular formula is C19H24N8O. The largest absolute Gasteiger partial charge is 0.368 e. The van der Waals surface area contributed by atoms with Gasteiger partial charge < -0.3 is 16.0 Å². The number of benzene rings is 1. The Labute approximate surface area is 163 Å². The van der Waals surface area contributed by atoms with E-state index in [-0.39, 0.29) is 24.8 Å². The zero-order valence-corrected chi connectivity index (χ0v) is 16.5. The van der Waals surface area contributed by atoms with Crippen molar-refractivity contribution in [2.24, 2.45) is 0 Å². The van der Waals surface area contributed by atoms with E-state index in [1.807, 2.05) is 63.0 Å². The molecule has 0 bridgehead atoms. The standard InChI is InChI=1S/C19H24N8O/c1-12-15(13(2)27(25-12)14-8-6-5-7-9-14)10-17(28)21-11-16-22-18(20)24-19(23-16)26(3)4/h5-9H,10-11H2,1-4H3,(H,21,28)(H2,20,22,23,24). The number of nitrogens with two attached hydrogens (primary N) is 1. The van der Waals surface area contributed by atoms with Gasteiger partial charge in [0.2, 0.25) is 17.8 Å². The molecule has 0 saturated carbocycles. The van der Waals surface area contributed by atoms with Crippen molar-refractivity contribution >= 4 is 17.8 Å². The van der Waals surface area contributed by atoms with Crippen molar-refractivity contribution in [1.82, 2.24) is 30.0 Å². The zero-order valence-electron chi connectivity index (χ0n) is 16.5. The number of aromatic nitrogens is 5. The first-order chi connectivity index (χ1) is 13.3. The quantitative estimate of drug-likeness (QED) is 0.660. The number of hydrogen-bond donors (Lipinski definition) is 2. The highest BCUT2D eigenvalue weighted by atomic mass is 16.1. The Morgan fingerprint density at radius 2 is 1.86 bits per heavy atom. The minimum absolute atomic E-state index is 0.124. The second-order valence-electron chi connectivity index (χ2n) is 6.65. The third kappa shape index (κ3) is 4.25. The molecule has 3 N–H and O–H groups in total. The minimum Gasteiger partial charge on any atom is -0.368 e. The number of nitrogen functional groups attached to an aromatic ring is 1. The van der Waals surface area contributed by atoms with Crippen LogP contribution in [0.5, 0.6) is 0 Å². The van der Waals surface area contributed by atoms with E-state index >= 15 is 0 Å². The number of nitrogens with one attached hydrogen (secondary N) is 1. The molecule has 0 aliphatic heterocycles. The van der Waals surface area contributed by atoms with Gasteiger partial charge >= 0.3 is 0 Å². The molecule has 3 aromatic rings. The van der Waals surface area contributed by atoms with Crippen molar-refractivity contribution in [2.75, 3.05) is 24.7 Å². The molecule has 2 heterocycles. The zero-order chi connectivity index (χ0) is 20.3. The predicted molar refractivity (Wildman–Crippen MR) is 107 cm³/mol. The van der Waals surface area contributed by atoms with Crippen LogP contribution in [0.4, 0.5) is 11.9 Å². The smallest absolute Gasteiger partial charge is 0.229 e. The number of amides is 1. The Kier molecular flexibility index (Phi) is 5.53. The van der Waals surface area contributed by atoms with Gasteiger partial charge in [0.05, 0.1) is 24.3 Å². The van der Waals surface area contributed by atoms with E-state index in [0.29, 0.717) is 11.8 Å². The average molecular weight is 380 g/mol. The van der Waals surface area contributed by atoms with Gasteiger partial charge in [0.1, 0.15) is 0 Å². The normalized spacial score (nSPS) is 10.7. The van der Waals surface area contributed by atoms with Gasteiger partial charge in [-0.3, -0.25) is 4.79 Å². The molecule has 1 amide bonds. The van der Waals surface area contributed by atoms with Gasteiger partial charge in [0.15, 0.2) is 5.82 Å². The first-order valence-corrected chi connectivity index (χ1v) is 8.90. The molecule has 28 heavy (non-hydrogen) atoms. The molecule has 1 aromatic carbocycles. The number of aryl methyl sites for hydroxylation is 1. The Hall–Kier alpha value is -3.49. The number of carbonyl (C=O) groups is 1. The summed E-state index contributed by atoms with van der Waals surface area (Å²) in [6.07, 6.45) is 0.228. The third-order valence-corrected chi connectivity index (χ3v) is 4.31. The number of carbonyl (C=O) groups excluding carboxylic acids is 1. The number of para-hydroxylation sites is 1. The van der Waals surface area contributed by atoms with Crippen molar-refractivity contribution in [1.29, 1.82) is 0 Å². The molecule has 146 valence electrons.